The number of amides is 1. The van der Waals surface area contributed by atoms with Crippen LogP contribution in [0.1, 0.15) is 35.8 Å². The molecule has 0 unspecified atom stereocenters. The van der Waals surface area contributed by atoms with E-state index in [1.165, 1.54) is 30.3 Å². The Hall–Kier alpha value is -3.41. The summed E-state index contributed by atoms with van der Waals surface area (Å²) in [6.45, 7) is 4.31. The van der Waals surface area contributed by atoms with Gasteiger partial charge < -0.3 is 15.5 Å². The average molecular weight is 387 g/mol. The maximum atomic E-state index is 12.5. The number of nitrogens with one attached hydrogen (secondary N) is 2. The van der Waals surface area contributed by atoms with Crippen LogP contribution in [-0.2, 0) is 6.42 Å². The lowest BCUT2D eigenvalue weighted by atomic mass is 10.1. The maximum Gasteiger partial charge on any atom is 0.275 e. The predicted octanol–water partition coefficient (Wildman–Crippen LogP) is 4.64. The lowest BCUT2D eigenvalue weighted by Gasteiger charge is -2.17. The molecule has 0 radical (unpaired) electrons. The molecule has 2 N–H and O–H groups in total. The van der Waals surface area contributed by atoms with Crippen LogP contribution < -0.4 is 15.5 Å². The molecular weight excluding hydrogens is 362 g/mol. The van der Waals surface area contributed by atoms with Gasteiger partial charge in [-0.1, -0.05) is 25.1 Å². The second kappa shape index (κ2) is 8.73. The van der Waals surface area contributed by atoms with Crippen LogP contribution in [0, 0.1) is 0 Å². The van der Waals surface area contributed by atoms with E-state index in [1.54, 1.807) is 6.20 Å². The summed E-state index contributed by atoms with van der Waals surface area (Å²) in [6, 6.07) is 16.0. The quantitative estimate of drug-likeness (QED) is 0.645. The summed E-state index contributed by atoms with van der Waals surface area (Å²) in [5.41, 5.74) is 4.43. The summed E-state index contributed by atoms with van der Waals surface area (Å²) in [4.78, 5) is 23.4. The number of anilines is 4. The van der Waals surface area contributed by atoms with Gasteiger partial charge in [-0.3, -0.25) is 4.79 Å². The van der Waals surface area contributed by atoms with Crippen molar-refractivity contribution in [2.24, 2.45) is 0 Å². The molecule has 6 nitrogen and oxygen atoms in total. The summed E-state index contributed by atoms with van der Waals surface area (Å²) < 4.78 is 0. The van der Waals surface area contributed by atoms with Crippen molar-refractivity contribution < 1.29 is 4.79 Å². The average Bonchev–Trinajstić information content (AvgIpc) is 3.30. The van der Waals surface area contributed by atoms with Crippen molar-refractivity contribution in [3.05, 3.63) is 72.2 Å². The van der Waals surface area contributed by atoms with E-state index in [-0.39, 0.29) is 11.6 Å². The van der Waals surface area contributed by atoms with Crippen molar-refractivity contribution in [3.63, 3.8) is 0 Å². The largest absolute Gasteiger partial charge is 0.372 e. The highest BCUT2D eigenvalue weighted by atomic mass is 16.1. The van der Waals surface area contributed by atoms with Gasteiger partial charge in [-0.25, -0.2) is 9.97 Å². The van der Waals surface area contributed by atoms with Crippen molar-refractivity contribution >= 4 is 28.8 Å². The van der Waals surface area contributed by atoms with E-state index in [0.717, 1.165) is 30.9 Å². The Bertz CT molecular complexity index is 963. The highest BCUT2D eigenvalue weighted by Gasteiger charge is 2.13. The Labute approximate surface area is 171 Å². The Kier molecular flexibility index (Phi) is 5.70. The van der Waals surface area contributed by atoms with Gasteiger partial charge in [0.05, 0.1) is 12.4 Å². The molecule has 1 fully saturated rings. The standard InChI is InChI=1S/C23H25N5O/c1-2-17-7-3-4-8-20(17)27-22-16-24-21(15-25-22)23(29)26-18-9-11-19(12-10-18)28-13-5-6-14-28/h3-4,7-12,15-16H,2,5-6,13-14H2,1H3,(H,25,27)(H,26,29). The first kappa shape index (κ1) is 18.9. The number of carbonyl (C=O) groups is 1. The van der Waals surface area contributed by atoms with E-state index in [2.05, 4.69) is 38.5 Å². The fourth-order valence-electron chi connectivity index (χ4n) is 3.52. The van der Waals surface area contributed by atoms with Crippen LogP contribution in [0.3, 0.4) is 0 Å². The number of rotatable bonds is 6. The first-order valence-electron chi connectivity index (χ1n) is 10.1. The maximum absolute atomic E-state index is 12.5. The minimum Gasteiger partial charge on any atom is -0.372 e. The first-order valence-corrected chi connectivity index (χ1v) is 10.1. The van der Waals surface area contributed by atoms with E-state index in [9.17, 15) is 4.79 Å². The van der Waals surface area contributed by atoms with E-state index in [1.807, 2.05) is 42.5 Å². The second-order valence-corrected chi connectivity index (χ2v) is 7.12. The number of aromatic nitrogens is 2. The smallest absolute Gasteiger partial charge is 0.275 e. The monoisotopic (exact) mass is 387 g/mol. The third-order valence-electron chi connectivity index (χ3n) is 5.14. The zero-order valence-electron chi connectivity index (χ0n) is 16.6. The molecule has 1 aromatic heterocycles. The molecule has 1 saturated heterocycles. The van der Waals surface area contributed by atoms with Crippen LogP contribution in [-0.4, -0.2) is 29.0 Å². The van der Waals surface area contributed by atoms with Gasteiger partial charge in [0, 0.05) is 30.2 Å². The summed E-state index contributed by atoms with van der Waals surface area (Å²) in [6.07, 6.45) is 6.48. The molecule has 1 amide bonds. The fraction of sp³-hybridized carbons (Fsp3) is 0.261. The second-order valence-electron chi connectivity index (χ2n) is 7.12. The molecule has 2 heterocycles. The zero-order chi connectivity index (χ0) is 20.1. The highest BCUT2D eigenvalue weighted by molar-refractivity contribution is 6.02. The summed E-state index contributed by atoms with van der Waals surface area (Å²) in [5.74, 6) is 0.337. The van der Waals surface area contributed by atoms with E-state index < -0.39 is 0 Å². The van der Waals surface area contributed by atoms with Gasteiger partial charge >= 0.3 is 0 Å². The van der Waals surface area contributed by atoms with Gasteiger partial charge in [-0.2, -0.15) is 0 Å². The SMILES string of the molecule is CCc1ccccc1Nc1cnc(C(=O)Nc2ccc(N3CCCC3)cc2)cn1. The fourth-order valence-corrected chi connectivity index (χ4v) is 3.52. The number of benzene rings is 2. The molecular formula is C23H25N5O. The Morgan fingerprint density at radius 3 is 2.45 bits per heavy atom. The molecule has 148 valence electrons. The van der Waals surface area contributed by atoms with E-state index in [0.29, 0.717) is 5.82 Å². The lowest BCUT2D eigenvalue weighted by Crippen LogP contribution is -2.18. The molecule has 3 aromatic rings. The third kappa shape index (κ3) is 4.54. The summed E-state index contributed by atoms with van der Waals surface area (Å²) in [7, 11) is 0. The molecule has 0 aliphatic carbocycles. The van der Waals surface area contributed by atoms with Gasteiger partial charge in [-0.15, -0.1) is 0 Å². The minimum absolute atomic E-state index is 0.271. The molecule has 0 spiro atoms. The molecule has 1 aliphatic rings. The molecule has 1 aliphatic heterocycles. The number of hydrogen-bond acceptors (Lipinski definition) is 5. The summed E-state index contributed by atoms with van der Waals surface area (Å²) in [5, 5.41) is 6.15. The van der Waals surface area contributed by atoms with Crippen molar-refractivity contribution in [2.75, 3.05) is 28.6 Å². The molecule has 0 bridgehead atoms. The lowest BCUT2D eigenvalue weighted by molar-refractivity contribution is 0.102. The van der Waals surface area contributed by atoms with Gasteiger partial charge in [0.25, 0.3) is 5.91 Å². The Morgan fingerprint density at radius 1 is 1.00 bits per heavy atom. The van der Waals surface area contributed by atoms with Crippen LogP contribution in [0.25, 0.3) is 0 Å². The van der Waals surface area contributed by atoms with Gasteiger partial charge in [-0.05, 0) is 55.2 Å². The van der Waals surface area contributed by atoms with Crippen LogP contribution >= 0.6 is 0 Å². The van der Waals surface area contributed by atoms with Crippen LogP contribution in [0.4, 0.5) is 22.9 Å². The first-order chi connectivity index (χ1) is 14.2. The number of nitrogens with zero attached hydrogens (tertiary/aromatic N) is 3. The Morgan fingerprint density at radius 2 is 1.76 bits per heavy atom. The van der Waals surface area contributed by atoms with Gasteiger partial charge in [0.15, 0.2) is 0 Å². The molecule has 4 rings (SSSR count). The molecule has 2 aromatic carbocycles. The normalized spacial score (nSPS) is 13.3. The minimum atomic E-state index is -0.271. The number of hydrogen-bond donors (Lipinski definition) is 2. The molecule has 29 heavy (non-hydrogen) atoms. The van der Waals surface area contributed by atoms with Crippen LogP contribution in [0.2, 0.25) is 0 Å². The highest BCUT2D eigenvalue weighted by Crippen LogP contribution is 2.22. The van der Waals surface area contributed by atoms with Crippen LogP contribution in [0.15, 0.2) is 60.9 Å². The van der Waals surface area contributed by atoms with E-state index >= 15 is 0 Å². The van der Waals surface area contributed by atoms with Crippen LogP contribution in [0.5, 0.6) is 0 Å². The zero-order valence-corrected chi connectivity index (χ0v) is 16.6. The van der Waals surface area contributed by atoms with Crippen molar-refractivity contribution in [1.82, 2.24) is 9.97 Å². The number of aryl methyl sites for hydroxylation is 1. The molecule has 6 heteroatoms. The van der Waals surface area contributed by atoms with Gasteiger partial charge in [0.1, 0.15) is 11.5 Å². The predicted molar refractivity (Wildman–Crippen MR) is 117 cm³/mol. The summed E-state index contributed by atoms with van der Waals surface area (Å²) >= 11 is 0. The number of para-hydroxylation sites is 1. The van der Waals surface area contributed by atoms with Crippen molar-refractivity contribution in [2.45, 2.75) is 26.2 Å². The van der Waals surface area contributed by atoms with Gasteiger partial charge in [0.2, 0.25) is 0 Å². The third-order valence-corrected chi connectivity index (χ3v) is 5.14. The topological polar surface area (TPSA) is 70.2 Å². The molecule has 0 atom stereocenters. The van der Waals surface area contributed by atoms with Crippen molar-refractivity contribution in [1.29, 1.82) is 0 Å². The Balaban J connectivity index is 1.39. The van der Waals surface area contributed by atoms with E-state index in [4.69, 9.17) is 0 Å². The number of carbonyl (C=O) groups excluding carboxylic acids is 1. The van der Waals surface area contributed by atoms with Crippen molar-refractivity contribution in [3.8, 4) is 0 Å². The molecule has 0 saturated carbocycles.